The van der Waals surface area contributed by atoms with Crippen LogP contribution in [-0.4, -0.2) is 19.9 Å². The Hall–Kier alpha value is -2.02. The first-order valence-corrected chi connectivity index (χ1v) is 9.14. The van der Waals surface area contributed by atoms with Crippen molar-refractivity contribution < 1.29 is 0 Å². The highest BCUT2D eigenvalue weighted by Gasteiger charge is 2.09. The molecule has 118 valence electrons. The third kappa shape index (κ3) is 3.13. The van der Waals surface area contributed by atoms with Crippen LogP contribution in [0.25, 0.3) is 32.8 Å². The van der Waals surface area contributed by atoms with E-state index in [9.17, 15) is 0 Å². The number of aromatic amines is 1. The number of hydrogen-bond acceptors (Lipinski definition) is 4. The van der Waals surface area contributed by atoms with Gasteiger partial charge in [-0.3, -0.25) is 4.98 Å². The molecule has 7 heteroatoms. The minimum Gasteiger partial charge on any atom is -0.337 e. The summed E-state index contributed by atoms with van der Waals surface area (Å²) in [5, 5.41) is 3.33. The maximum absolute atomic E-state index is 6.41. The lowest BCUT2D eigenvalue weighted by Gasteiger charge is -1.93. The second-order valence-electron chi connectivity index (χ2n) is 5.03. The van der Waals surface area contributed by atoms with Crippen LogP contribution in [0.15, 0.2) is 52.4 Å². The molecule has 0 aliphatic rings. The summed E-state index contributed by atoms with van der Waals surface area (Å²) in [6.07, 6.45) is 3.56. The molecule has 4 nitrogen and oxygen atoms in total. The van der Waals surface area contributed by atoms with Crippen molar-refractivity contribution >= 4 is 61.0 Å². The van der Waals surface area contributed by atoms with Crippen LogP contribution in [0.4, 0.5) is 0 Å². The van der Waals surface area contributed by atoms with E-state index in [1.807, 2.05) is 41.8 Å². The van der Waals surface area contributed by atoms with Crippen LogP contribution < -0.4 is 0 Å². The zero-order chi connectivity index (χ0) is 16.5. The van der Waals surface area contributed by atoms with E-state index < -0.39 is 0 Å². The third-order valence-corrected chi connectivity index (χ3v) is 5.02. The summed E-state index contributed by atoms with van der Waals surface area (Å²) in [7, 11) is 0. The van der Waals surface area contributed by atoms with Crippen LogP contribution >= 0.6 is 38.9 Å². The Morgan fingerprint density at radius 1 is 1.21 bits per heavy atom. The van der Waals surface area contributed by atoms with Gasteiger partial charge in [0.15, 0.2) is 0 Å². The molecule has 0 unspecified atom stereocenters. The lowest BCUT2D eigenvalue weighted by molar-refractivity contribution is 1.27. The summed E-state index contributed by atoms with van der Waals surface area (Å²) < 4.78 is 0.991. The predicted octanol–water partition coefficient (Wildman–Crippen LogP) is 5.58. The molecule has 0 atom stereocenters. The van der Waals surface area contributed by atoms with Gasteiger partial charge in [0.2, 0.25) is 0 Å². The SMILES string of the molecule is ClC(=Cc1csc(-c2ccccn2)n1)c1nc2ccc(Br)cc2[nH]1. The molecule has 0 saturated carbocycles. The van der Waals surface area contributed by atoms with Crippen molar-refractivity contribution in [1.82, 2.24) is 19.9 Å². The van der Waals surface area contributed by atoms with Crippen LogP contribution in [0.3, 0.4) is 0 Å². The quantitative estimate of drug-likeness (QED) is 0.473. The fraction of sp³-hybridized carbons (Fsp3) is 0. The van der Waals surface area contributed by atoms with E-state index in [-0.39, 0.29) is 0 Å². The van der Waals surface area contributed by atoms with Crippen molar-refractivity contribution in [2.45, 2.75) is 0 Å². The lowest BCUT2D eigenvalue weighted by Crippen LogP contribution is -1.83. The molecule has 0 aliphatic carbocycles. The number of H-pyrrole nitrogens is 1. The Bertz CT molecular complexity index is 1040. The highest BCUT2D eigenvalue weighted by molar-refractivity contribution is 9.10. The Labute approximate surface area is 155 Å². The first-order valence-electron chi connectivity index (χ1n) is 7.09. The van der Waals surface area contributed by atoms with Crippen molar-refractivity contribution in [3.8, 4) is 10.7 Å². The minimum absolute atomic E-state index is 0.514. The highest BCUT2D eigenvalue weighted by Crippen LogP contribution is 2.27. The third-order valence-electron chi connectivity index (χ3n) is 3.35. The average molecular weight is 418 g/mol. The van der Waals surface area contributed by atoms with Crippen LogP contribution in [0.2, 0.25) is 0 Å². The van der Waals surface area contributed by atoms with Crippen LogP contribution in [0.1, 0.15) is 11.5 Å². The van der Waals surface area contributed by atoms with Gasteiger partial charge in [0, 0.05) is 16.0 Å². The molecule has 0 spiro atoms. The van der Waals surface area contributed by atoms with Crippen LogP contribution in [0.5, 0.6) is 0 Å². The Morgan fingerprint density at radius 3 is 2.96 bits per heavy atom. The maximum atomic E-state index is 6.41. The molecule has 4 rings (SSSR count). The number of fused-ring (bicyclic) bond motifs is 1. The molecule has 3 heterocycles. The van der Waals surface area contributed by atoms with Gasteiger partial charge in [-0.15, -0.1) is 11.3 Å². The number of thiazole rings is 1. The fourth-order valence-corrected chi connectivity index (χ4v) is 3.57. The molecule has 24 heavy (non-hydrogen) atoms. The van der Waals surface area contributed by atoms with E-state index in [4.69, 9.17) is 11.6 Å². The summed E-state index contributed by atoms with van der Waals surface area (Å²) in [6, 6.07) is 11.6. The van der Waals surface area contributed by atoms with E-state index in [1.54, 1.807) is 12.3 Å². The average Bonchev–Trinajstić information content (AvgIpc) is 3.22. The summed E-state index contributed by atoms with van der Waals surface area (Å²) in [5.74, 6) is 0.622. The number of rotatable bonds is 3. The second-order valence-corrected chi connectivity index (χ2v) is 7.21. The summed E-state index contributed by atoms with van der Waals surface area (Å²) in [6.45, 7) is 0. The van der Waals surface area contributed by atoms with Crippen molar-refractivity contribution in [3.05, 3.63) is 64.0 Å². The number of halogens is 2. The summed E-state index contributed by atoms with van der Waals surface area (Å²) >= 11 is 11.4. The Balaban J connectivity index is 1.66. The van der Waals surface area contributed by atoms with Gasteiger partial charge < -0.3 is 4.98 Å². The number of benzene rings is 1. The standard InChI is InChI=1S/C17H10BrClN4S/c18-10-4-5-13-15(7-10)23-16(22-13)12(19)8-11-9-24-17(21-11)14-3-1-2-6-20-14/h1-9H,(H,22,23). The summed E-state index contributed by atoms with van der Waals surface area (Å²) in [5.41, 5.74) is 3.43. The van der Waals surface area contributed by atoms with Gasteiger partial charge >= 0.3 is 0 Å². The second kappa shape index (κ2) is 6.47. The molecule has 1 aromatic carbocycles. The number of nitrogens with zero attached hydrogens (tertiary/aromatic N) is 3. The molecule has 0 fully saturated rings. The van der Waals surface area contributed by atoms with E-state index in [0.717, 1.165) is 31.9 Å². The smallest absolute Gasteiger partial charge is 0.150 e. The normalized spacial score (nSPS) is 12.0. The monoisotopic (exact) mass is 416 g/mol. The Morgan fingerprint density at radius 2 is 2.12 bits per heavy atom. The summed E-state index contributed by atoms with van der Waals surface area (Å²) in [4.78, 5) is 16.6. The topological polar surface area (TPSA) is 54.5 Å². The van der Waals surface area contributed by atoms with E-state index in [2.05, 4.69) is 35.9 Å². The Kier molecular flexibility index (Phi) is 4.18. The van der Waals surface area contributed by atoms with Gasteiger partial charge in [-0.2, -0.15) is 0 Å². The zero-order valence-electron chi connectivity index (χ0n) is 12.2. The molecule has 0 amide bonds. The number of imidazole rings is 1. The molecule has 0 saturated heterocycles. The van der Waals surface area contributed by atoms with E-state index in [1.165, 1.54) is 11.3 Å². The molecule has 0 radical (unpaired) electrons. The molecular formula is C17H10BrClN4S. The molecule has 3 aromatic heterocycles. The fourth-order valence-electron chi connectivity index (χ4n) is 2.25. The number of hydrogen-bond donors (Lipinski definition) is 1. The first-order chi connectivity index (χ1) is 11.7. The molecule has 0 aliphatic heterocycles. The highest BCUT2D eigenvalue weighted by atomic mass is 79.9. The van der Waals surface area contributed by atoms with Crippen LogP contribution in [-0.2, 0) is 0 Å². The zero-order valence-corrected chi connectivity index (χ0v) is 15.4. The molecular weight excluding hydrogens is 408 g/mol. The minimum atomic E-state index is 0.514. The molecule has 1 N–H and O–H groups in total. The maximum Gasteiger partial charge on any atom is 0.150 e. The van der Waals surface area contributed by atoms with Gasteiger partial charge in [-0.05, 0) is 36.4 Å². The van der Waals surface area contributed by atoms with Crippen molar-refractivity contribution in [2.24, 2.45) is 0 Å². The van der Waals surface area contributed by atoms with Gasteiger partial charge in [-0.1, -0.05) is 33.6 Å². The lowest BCUT2D eigenvalue weighted by atomic mass is 10.3. The number of nitrogens with one attached hydrogen (secondary N) is 1. The number of pyridine rings is 1. The van der Waals surface area contributed by atoms with Gasteiger partial charge in [-0.25, -0.2) is 9.97 Å². The molecule has 4 aromatic rings. The van der Waals surface area contributed by atoms with Gasteiger partial charge in [0.25, 0.3) is 0 Å². The predicted molar refractivity (Wildman–Crippen MR) is 103 cm³/mol. The van der Waals surface area contributed by atoms with E-state index >= 15 is 0 Å². The molecule has 0 bridgehead atoms. The van der Waals surface area contributed by atoms with Crippen molar-refractivity contribution in [1.29, 1.82) is 0 Å². The largest absolute Gasteiger partial charge is 0.337 e. The van der Waals surface area contributed by atoms with Crippen LogP contribution in [0, 0.1) is 0 Å². The van der Waals surface area contributed by atoms with Gasteiger partial charge in [0.05, 0.1) is 27.5 Å². The van der Waals surface area contributed by atoms with Crippen molar-refractivity contribution in [3.63, 3.8) is 0 Å². The number of aromatic nitrogens is 4. The van der Waals surface area contributed by atoms with Crippen molar-refractivity contribution in [2.75, 3.05) is 0 Å². The van der Waals surface area contributed by atoms with Gasteiger partial charge in [0.1, 0.15) is 10.8 Å². The first kappa shape index (κ1) is 15.5. The van der Waals surface area contributed by atoms with E-state index in [0.29, 0.717) is 10.9 Å².